The molecule has 1 aromatic carbocycles. The lowest BCUT2D eigenvalue weighted by Crippen LogP contribution is -2.20. The van der Waals surface area contributed by atoms with Crippen LogP contribution in [0.2, 0.25) is 0 Å². The van der Waals surface area contributed by atoms with E-state index in [1.54, 1.807) is 23.5 Å². The second-order valence-corrected chi connectivity index (χ2v) is 9.39. The van der Waals surface area contributed by atoms with E-state index < -0.39 is 0 Å². The molecular formula is C23H25FN4S. The highest BCUT2D eigenvalue weighted by Crippen LogP contribution is 2.43. The zero-order chi connectivity index (χ0) is 19.8. The summed E-state index contributed by atoms with van der Waals surface area (Å²) in [6, 6.07) is 12.7. The molecule has 3 aromatic rings. The van der Waals surface area contributed by atoms with Gasteiger partial charge in [0.1, 0.15) is 11.6 Å². The van der Waals surface area contributed by atoms with Gasteiger partial charge in [-0.05, 0) is 73.9 Å². The van der Waals surface area contributed by atoms with Crippen molar-refractivity contribution >= 4 is 22.3 Å². The summed E-state index contributed by atoms with van der Waals surface area (Å²) in [5.41, 5.74) is 2.13. The fourth-order valence-electron chi connectivity index (χ4n) is 4.97. The van der Waals surface area contributed by atoms with Crippen LogP contribution >= 0.6 is 11.3 Å². The molecule has 0 spiro atoms. The van der Waals surface area contributed by atoms with Gasteiger partial charge in [-0.15, -0.1) is 0 Å². The van der Waals surface area contributed by atoms with Gasteiger partial charge in [-0.25, -0.2) is 14.4 Å². The zero-order valence-corrected chi connectivity index (χ0v) is 17.3. The van der Waals surface area contributed by atoms with Crippen LogP contribution in [0.4, 0.5) is 15.3 Å². The molecule has 2 aromatic heterocycles. The minimum Gasteiger partial charge on any atom is -0.316 e. The number of aromatic nitrogens is 2. The molecule has 150 valence electrons. The fourth-order valence-corrected chi connectivity index (χ4v) is 5.80. The first-order chi connectivity index (χ1) is 14.1. The van der Waals surface area contributed by atoms with Crippen molar-refractivity contribution in [1.29, 1.82) is 0 Å². The van der Waals surface area contributed by atoms with Crippen LogP contribution in [0.3, 0.4) is 0 Å². The van der Waals surface area contributed by atoms with Gasteiger partial charge in [-0.2, -0.15) is 0 Å². The van der Waals surface area contributed by atoms with Crippen molar-refractivity contribution in [3.8, 4) is 10.4 Å². The van der Waals surface area contributed by atoms with Crippen molar-refractivity contribution in [3.63, 3.8) is 0 Å². The van der Waals surface area contributed by atoms with Crippen LogP contribution in [0.15, 0.2) is 48.7 Å². The number of thiazole rings is 1. The molecule has 0 radical (unpaired) electrons. The molecule has 6 heteroatoms. The number of hydrogen-bond acceptors (Lipinski definition) is 5. The molecule has 3 atom stereocenters. The van der Waals surface area contributed by atoms with E-state index in [0.29, 0.717) is 0 Å². The van der Waals surface area contributed by atoms with Crippen LogP contribution in [0.1, 0.15) is 18.5 Å². The highest BCUT2D eigenvalue weighted by molar-refractivity contribution is 7.18. The van der Waals surface area contributed by atoms with Crippen LogP contribution in [-0.4, -0.2) is 35.0 Å². The lowest BCUT2D eigenvalue weighted by molar-refractivity contribution is 0.329. The monoisotopic (exact) mass is 408 g/mol. The SMILES string of the molecule is CN1CC2CCC(Cc3cccc(Nc4ncc(-c5ccc(F)cc5)s4)n3)C2C1. The molecule has 1 N–H and O–H groups in total. The lowest BCUT2D eigenvalue weighted by Gasteiger charge is -2.18. The number of nitrogens with zero attached hydrogens (tertiary/aromatic N) is 3. The Bertz CT molecular complexity index is 987. The molecule has 1 aliphatic carbocycles. The first-order valence-electron chi connectivity index (χ1n) is 10.3. The van der Waals surface area contributed by atoms with E-state index in [-0.39, 0.29) is 5.82 Å². The average molecular weight is 409 g/mol. The Morgan fingerprint density at radius 2 is 2.00 bits per heavy atom. The largest absolute Gasteiger partial charge is 0.316 e. The minimum atomic E-state index is -0.226. The number of anilines is 2. The summed E-state index contributed by atoms with van der Waals surface area (Å²) in [6.07, 6.45) is 5.57. The third kappa shape index (κ3) is 4.05. The van der Waals surface area contributed by atoms with Gasteiger partial charge < -0.3 is 10.2 Å². The van der Waals surface area contributed by atoms with Crippen LogP contribution in [-0.2, 0) is 6.42 Å². The molecule has 3 unspecified atom stereocenters. The molecule has 1 saturated carbocycles. The molecule has 29 heavy (non-hydrogen) atoms. The van der Waals surface area contributed by atoms with Gasteiger partial charge in [0.2, 0.25) is 0 Å². The van der Waals surface area contributed by atoms with Gasteiger partial charge in [-0.3, -0.25) is 0 Å². The zero-order valence-electron chi connectivity index (χ0n) is 16.5. The van der Waals surface area contributed by atoms with Gasteiger partial charge in [0.05, 0.1) is 4.88 Å². The molecule has 0 amide bonds. The summed E-state index contributed by atoms with van der Waals surface area (Å²) in [5.74, 6) is 3.07. The maximum atomic E-state index is 13.1. The average Bonchev–Trinajstić information content (AvgIpc) is 3.40. The van der Waals surface area contributed by atoms with Crippen molar-refractivity contribution in [2.24, 2.45) is 17.8 Å². The van der Waals surface area contributed by atoms with Crippen molar-refractivity contribution in [2.45, 2.75) is 19.3 Å². The van der Waals surface area contributed by atoms with E-state index in [4.69, 9.17) is 4.98 Å². The molecule has 1 saturated heterocycles. The smallest absolute Gasteiger partial charge is 0.188 e. The second-order valence-electron chi connectivity index (χ2n) is 8.36. The molecule has 3 heterocycles. The fraction of sp³-hybridized carbons (Fsp3) is 0.391. The number of rotatable bonds is 5. The van der Waals surface area contributed by atoms with Crippen LogP contribution in [0.5, 0.6) is 0 Å². The maximum absolute atomic E-state index is 13.1. The third-order valence-electron chi connectivity index (χ3n) is 6.34. The Labute approximate surface area is 174 Å². The molecule has 1 aliphatic heterocycles. The van der Waals surface area contributed by atoms with E-state index in [1.807, 2.05) is 12.3 Å². The van der Waals surface area contributed by atoms with E-state index in [9.17, 15) is 4.39 Å². The number of pyridine rings is 1. The Morgan fingerprint density at radius 3 is 2.86 bits per heavy atom. The second kappa shape index (κ2) is 7.84. The molecule has 2 fully saturated rings. The van der Waals surface area contributed by atoms with Gasteiger partial charge >= 0.3 is 0 Å². The Balaban J connectivity index is 1.26. The van der Waals surface area contributed by atoms with E-state index in [1.165, 1.54) is 38.1 Å². The Kier molecular flexibility index (Phi) is 5.06. The maximum Gasteiger partial charge on any atom is 0.188 e. The number of likely N-dealkylation sites (tertiary alicyclic amines) is 1. The normalized spacial score (nSPS) is 24.0. The molecule has 4 nitrogen and oxygen atoms in total. The van der Waals surface area contributed by atoms with Crippen LogP contribution in [0.25, 0.3) is 10.4 Å². The minimum absolute atomic E-state index is 0.226. The highest BCUT2D eigenvalue weighted by atomic mass is 32.1. The number of halogens is 1. The van der Waals surface area contributed by atoms with E-state index in [0.717, 1.165) is 51.3 Å². The van der Waals surface area contributed by atoms with Crippen molar-refractivity contribution in [1.82, 2.24) is 14.9 Å². The van der Waals surface area contributed by atoms with Gasteiger partial charge in [-0.1, -0.05) is 29.5 Å². The summed E-state index contributed by atoms with van der Waals surface area (Å²) < 4.78 is 13.1. The molecule has 5 rings (SSSR count). The van der Waals surface area contributed by atoms with E-state index in [2.05, 4.69) is 34.4 Å². The highest BCUT2D eigenvalue weighted by Gasteiger charge is 2.41. The third-order valence-corrected chi connectivity index (χ3v) is 7.30. The van der Waals surface area contributed by atoms with Crippen molar-refractivity contribution < 1.29 is 4.39 Å². The molecule has 0 bridgehead atoms. The first kappa shape index (κ1) is 18.7. The van der Waals surface area contributed by atoms with Crippen molar-refractivity contribution in [3.05, 3.63) is 60.2 Å². The number of fused-ring (bicyclic) bond motifs is 1. The predicted octanol–water partition coefficient (Wildman–Crippen LogP) is 5.22. The topological polar surface area (TPSA) is 41.0 Å². The first-order valence-corrected chi connectivity index (χ1v) is 11.1. The summed E-state index contributed by atoms with van der Waals surface area (Å²) in [5, 5.41) is 4.14. The van der Waals surface area contributed by atoms with Gasteiger partial charge in [0.25, 0.3) is 0 Å². The Morgan fingerprint density at radius 1 is 1.14 bits per heavy atom. The predicted molar refractivity (Wildman–Crippen MR) is 116 cm³/mol. The van der Waals surface area contributed by atoms with Gasteiger partial charge in [0.15, 0.2) is 5.13 Å². The van der Waals surface area contributed by atoms with E-state index >= 15 is 0 Å². The number of nitrogens with one attached hydrogen (secondary N) is 1. The molecule has 2 aliphatic rings. The Hall–Kier alpha value is -2.31. The summed E-state index contributed by atoms with van der Waals surface area (Å²) in [6.45, 7) is 2.50. The lowest BCUT2D eigenvalue weighted by atomic mass is 9.89. The molecular weight excluding hydrogens is 383 g/mol. The van der Waals surface area contributed by atoms with Gasteiger partial charge in [0, 0.05) is 25.0 Å². The number of hydrogen-bond donors (Lipinski definition) is 1. The van der Waals surface area contributed by atoms with Crippen LogP contribution < -0.4 is 5.32 Å². The standard InChI is InChI=1S/C23H25FN4S/c1-28-13-17-6-5-16(20(17)14-28)11-19-3-2-4-22(26-19)27-23-25-12-21(29-23)15-7-9-18(24)10-8-15/h2-4,7-10,12,16-17,20H,5-6,11,13-14H2,1H3,(H,25,26,27). The summed E-state index contributed by atoms with van der Waals surface area (Å²) in [4.78, 5) is 12.8. The van der Waals surface area contributed by atoms with Crippen LogP contribution in [0, 0.1) is 23.6 Å². The summed E-state index contributed by atoms with van der Waals surface area (Å²) >= 11 is 1.55. The summed E-state index contributed by atoms with van der Waals surface area (Å²) in [7, 11) is 2.24. The quantitative estimate of drug-likeness (QED) is 0.629. The number of benzene rings is 1. The van der Waals surface area contributed by atoms with Crippen molar-refractivity contribution in [2.75, 3.05) is 25.5 Å².